The standard InChI is InChI=1S/C20H21NO6/c1-26-18(15-10-6-3-7-11-15)19(23)21-16(20(24)25)12-17(22)27-13-14-8-4-2-5-9-14/h2-11,16,18H,12-13H2,1H3,(H,21,23)(H,24,25)/t16-,18-/m0/s1. The Bertz CT molecular complexity index is 763. The number of methoxy groups -OCH3 is 1. The van der Waals surface area contributed by atoms with Crippen molar-refractivity contribution >= 4 is 17.8 Å². The Labute approximate surface area is 156 Å². The summed E-state index contributed by atoms with van der Waals surface area (Å²) < 4.78 is 10.2. The Kier molecular flexibility index (Phi) is 7.51. The van der Waals surface area contributed by atoms with Crippen LogP contribution in [-0.2, 0) is 30.5 Å². The van der Waals surface area contributed by atoms with Gasteiger partial charge in [-0.1, -0.05) is 60.7 Å². The van der Waals surface area contributed by atoms with Crippen LogP contribution in [0, 0.1) is 0 Å². The molecule has 0 aliphatic carbocycles. The van der Waals surface area contributed by atoms with Gasteiger partial charge in [0.15, 0.2) is 6.10 Å². The molecule has 0 radical (unpaired) electrons. The van der Waals surface area contributed by atoms with Gasteiger partial charge in [-0.2, -0.15) is 0 Å². The van der Waals surface area contributed by atoms with Gasteiger partial charge in [0.1, 0.15) is 12.6 Å². The van der Waals surface area contributed by atoms with Crippen LogP contribution in [0.1, 0.15) is 23.7 Å². The summed E-state index contributed by atoms with van der Waals surface area (Å²) in [4.78, 5) is 35.8. The van der Waals surface area contributed by atoms with Gasteiger partial charge in [0.05, 0.1) is 6.42 Å². The molecule has 1 amide bonds. The number of carboxylic acids is 1. The van der Waals surface area contributed by atoms with Crippen LogP contribution in [0.3, 0.4) is 0 Å². The molecule has 2 rings (SSSR count). The van der Waals surface area contributed by atoms with Gasteiger partial charge < -0.3 is 19.9 Å². The lowest BCUT2D eigenvalue weighted by Gasteiger charge is -2.19. The fourth-order valence-electron chi connectivity index (χ4n) is 2.43. The van der Waals surface area contributed by atoms with Crippen molar-refractivity contribution in [3.63, 3.8) is 0 Å². The first-order valence-corrected chi connectivity index (χ1v) is 8.31. The third-order valence-corrected chi connectivity index (χ3v) is 3.80. The second-order valence-corrected chi connectivity index (χ2v) is 5.78. The molecule has 2 N–H and O–H groups in total. The number of esters is 1. The van der Waals surface area contributed by atoms with Crippen LogP contribution in [0.5, 0.6) is 0 Å². The quantitative estimate of drug-likeness (QED) is 0.655. The van der Waals surface area contributed by atoms with Gasteiger partial charge in [-0.15, -0.1) is 0 Å². The highest BCUT2D eigenvalue weighted by Crippen LogP contribution is 2.16. The van der Waals surface area contributed by atoms with Gasteiger partial charge in [-0.3, -0.25) is 9.59 Å². The number of ether oxygens (including phenoxy) is 2. The number of benzene rings is 2. The second kappa shape index (κ2) is 10.1. The number of amides is 1. The van der Waals surface area contributed by atoms with Gasteiger partial charge >= 0.3 is 11.9 Å². The smallest absolute Gasteiger partial charge is 0.326 e. The third-order valence-electron chi connectivity index (χ3n) is 3.80. The molecule has 0 spiro atoms. The minimum atomic E-state index is -1.41. The molecule has 2 aromatic rings. The molecular formula is C20H21NO6. The molecule has 0 aromatic heterocycles. The zero-order valence-electron chi connectivity index (χ0n) is 14.8. The van der Waals surface area contributed by atoms with Crippen LogP contribution < -0.4 is 5.32 Å². The SMILES string of the molecule is CO[C@H](C(=O)N[C@@H](CC(=O)OCc1ccccc1)C(=O)O)c1ccccc1. The van der Waals surface area contributed by atoms with Crippen LogP contribution >= 0.6 is 0 Å². The molecule has 0 fully saturated rings. The maximum atomic E-state index is 12.4. The largest absolute Gasteiger partial charge is 0.480 e. The lowest BCUT2D eigenvalue weighted by atomic mass is 10.1. The highest BCUT2D eigenvalue weighted by atomic mass is 16.5. The molecule has 0 bridgehead atoms. The van der Waals surface area contributed by atoms with E-state index in [0.717, 1.165) is 5.56 Å². The van der Waals surface area contributed by atoms with E-state index >= 15 is 0 Å². The lowest BCUT2D eigenvalue weighted by molar-refractivity contribution is -0.152. The first-order chi connectivity index (χ1) is 13.0. The molecule has 2 aromatic carbocycles. The molecule has 7 nitrogen and oxygen atoms in total. The van der Waals surface area contributed by atoms with Crippen LogP contribution in [-0.4, -0.2) is 36.1 Å². The fraction of sp³-hybridized carbons (Fsp3) is 0.250. The average Bonchev–Trinajstić information content (AvgIpc) is 2.68. The number of hydrogen-bond donors (Lipinski definition) is 2. The van der Waals surface area contributed by atoms with E-state index in [2.05, 4.69) is 5.32 Å². The van der Waals surface area contributed by atoms with E-state index in [-0.39, 0.29) is 6.61 Å². The van der Waals surface area contributed by atoms with Crippen molar-refractivity contribution in [1.29, 1.82) is 0 Å². The Morgan fingerprint density at radius 1 is 1.00 bits per heavy atom. The number of aliphatic carboxylic acids is 1. The number of rotatable bonds is 9. The summed E-state index contributed by atoms with van der Waals surface area (Å²) in [5, 5.41) is 11.6. The fourth-order valence-corrected chi connectivity index (χ4v) is 2.43. The van der Waals surface area contributed by atoms with Gasteiger partial charge in [-0.25, -0.2) is 4.79 Å². The molecule has 0 aliphatic heterocycles. The van der Waals surface area contributed by atoms with Gasteiger partial charge in [-0.05, 0) is 11.1 Å². The summed E-state index contributed by atoms with van der Waals surface area (Å²) in [6, 6.07) is 16.2. The van der Waals surface area contributed by atoms with Crippen molar-refractivity contribution < 1.29 is 29.0 Å². The van der Waals surface area contributed by atoms with Crippen molar-refractivity contribution in [1.82, 2.24) is 5.32 Å². The molecule has 27 heavy (non-hydrogen) atoms. The van der Waals surface area contributed by atoms with E-state index in [9.17, 15) is 19.5 Å². The molecule has 0 saturated carbocycles. The van der Waals surface area contributed by atoms with Crippen molar-refractivity contribution in [2.45, 2.75) is 25.2 Å². The molecule has 0 aliphatic rings. The highest BCUT2D eigenvalue weighted by molar-refractivity contribution is 5.89. The van der Waals surface area contributed by atoms with E-state index in [0.29, 0.717) is 5.56 Å². The summed E-state index contributed by atoms with van der Waals surface area (Å²) in [6.45, 7) is 0.0324. The Hall–Kier alpha value is -3.19. The predicted molar refractivity (Wildman–Crippen MR) is 96.6 cm³/mol. The monoisotopic (exact) mass is 371 g/mol. The van der Waals surface area contributed by atoms with Crippen LogP contribution in [0.4, 0.5) is 0 Å². The van der Waals surface area contributed by atoms with Crippen LogP contribution in [0.25, 0.3) is 0 Å². The van der Waals surface area contributed by atoms with Crippen molar-refractivity contribution in [3.8, 4) is 0 Å². The predicted octanol–water partition coefficient (Wildman–Crippen LogP) is 2.08. The van der Waals surface area contributed by atoms with Crippen LogP contribution in [0.15, 0.2) is 60.7 Å². The number of carbonyl (C=O) groups is 3. The second-order valence-electron chi connectivity index (χ2n) is 5.78. The minimum absolute atomic E-state index is 0.0324. The van der Waals surface area contributed by atoms with E-state index in [1.807, 2.05) is 6.07 Å². The van der Waals surface area contributed by atoms with Crippen molar-refractivity contribution in [2.75, 3.05) is 7.11 Å². The molecule has 0 unspecified atom stereocenters. The molecule has 0 saturated heterocycles. The molecule has 2 atom stereocenters. The lowest BCUT2D eigenvalue weighted by Crippen LogP contribution is -2.44. The number of nitrogens with one attached hydrogen (secondary N) is 1. The Morgan fingerprint density at radius 2 is 1.59 bits per heavy atom. The molecular weight excluding hydrogens is 350 g/mol. The van der Waals surface area contributed by atoms with Crippen molar-refractivity contribution in [3.05, 3.63) is 71.8 Å². The first-order valence-electron chi connectivity index (χ1n) is 8.31. The van der Waals surface area contributed by atoms with E-state index in [4.69, 9.17) is 9.47 Å². The number of hydrogen-bond acceptors (Lipinski definition) is 5. The highest BCUT2D eigenvalue weighted by Gasteiger charge is 2.28. The van der Waals surface area contributed by atoms with Gasteiger partial charge in [0.25, 0.3) is 5.91 Å². The number of carboxylic acid groups (broad SMARTS) is 1. The molecule has 0 heterocycles. The van der Waals surface area contributed by atoms with Crippen LogP contribution in [0.2, 0.25) is 0 Å². The normalized spacial score (nSPS) is 12.6. The summed E-state index contributed by atoms with van der Waals surface area (Å²) in [6.07, 6.45) is -1.47. The topological polar surface area (TPSA) is 102 Å². The van der Waals surface area contributed by atoms with E-state index < -0.39 is 36.4 Å². The van der Waals surface area contributed by atoms with E-state index in [1.165, 1.54) is 7.11 Å². The van der Waals surface area contributed by atoms with Crippen molar-refractivity contribution in [2.24, 2.45) is 0 Å². The minimum Gasteiger partial charge on any atom is -0.480 e. The Balaban J connectivity index is 1.94. The summed E-state index contributed by atoms with van der Waals surface area (Å²) >= 11 is 0. The summed E-state index contributed by atoms with van der Waals surface area (Å²) in [5.74, 6) is -2.70. The zero-order chi connectivity index (χ0) is 19.6. The number of carbonyl (C=O) groups excluding carboxylic acids is 2. The Morgan fingerprint density at radius 3 is 2.15 bits per heavy atom. The van der Waals surface area contributed by atoms with Gasteiger partial charge in [0.2, 0.25) is 0 Å². The average molecular weight is 371 g/mol. The first kappa shape index (κ1) is 20.1. The maximum Gasteiger partial charge on any atom is 0.326 e. The third kappa shape index (κ3) is 6.23. The summed E-state index contributed by atoms with van der Waals surface area (Å²) in [5.41, 5.74) is 1.36. The molecule has 142 valence electrons. The maximum absolute atomic E-state index is 12.4. The van der Waals surface area contributed by atoms with Gasteiger partial charge in [0, 0.05) is 7.11 Å². The molecule has 7 heteroatoms. The van der Waals surface area contributed by atoms with E-state index in [1.54, 1.807) is 54.6 Å². The zero-order valence-corrected chi connectivity index (χ0v) is 14.8. The summed E-state index contributed by atoms with van der Waals surface area (Å²) in [7, 11) is 1.35.